The molecule has 2 atom stereocenters. The minimum absolute atomic E-state index is 0.207. The van der Waals surface area contributed by atoms with Gasteiger partial charge in [-0.15, -0.1) is 0 Å². The van der Waals surface area contributed by atoms with Gasteiger partial charge >= 0.3 is 0 Å². The zero-order valence-electron chi connectivity index (χ0n) is 19.7. The Kier molecular flexibility index (Phi) is 7.46. The number of unbranched alkanes of at least 4 members (excludes halogenated alkanes) is 1. The maximum atomic E-state index is 12.6. The number of ether oxygens (including phenoxy) is 3. The van der Waals surface area contributed by atoms with Gasteiger partial charge in [0, 0.05) is 32.7 Å². The molecule has 4 rings (SSSR count). The smallest absolute Gasteiger partial charge is 0.231 e. The van der Waals surface area contributed by atoms with Crippen molar-refractivity contribution in [2.75, 3.05) is 46.3 Å². The fourth-order valence-electron chi connectivity index (χ4n) is 4.62. The zero-order chi connectivity index (χ0) is 23.4. The Labute approximate surface area is 197 Å². The monoisotopic (exact) mass is 474 g/mol. The Hall–Kier alpha value is -2.29. The Balaban J connectivity index is 1.51. The van der Waals surface area contributed by atoms with Crippen LogP contribution < -0.4 is 14.2 Å². The molecule has 8 heteroatoms. The van der Waals surface area contributed by atoms with Crippen molar-refractivity contribution in [3.05, 3.63) is 53.6 Å². The molecule has 180 valence electrons. The second-order valence-corrected chi connectivity index (χ2v) is 11.0. The molecule has 0 spiro atoms. The first-order chi connectivity index (χ1) is 15.9. The molecule has 0 saturated carbocycles. The van der Waals surface area contributed by atoms with Gasteiger partial charge in [-0.25, -0.2) is 12.7 Å². The molecule has 0 bridgehead atoms. The van der Waals surface area contributed by atoms with Gasteiger partial charge in [-0.2, -0.15) is 0 Å². The molecule has 0 radical (unpaired) electrons. The minimum Gasteiger partial charge on any atom is -0.497 e. The largest absolute Gasteiger partial charge is 0.497 e. The minimum atomic E-state index is -3.22. The summed E-state index contributed by atoms with van der Waals surface area (Å²) < 4.78 is 43.1. The summed E-state index contributed by atoms with van der Waals surface area (Å²) in [5.41, 5.74) is 2.44. The van der Waals surface area contributed by atoms with E-state index >= 15 is 0 Å². The number of methoxy groups -OCH3 is 1. The first kappa shape index (κ1) is 23.9. The number of likely N-dealkylation sites (tertiary alicyclic amines) is 1. The molecule has 33 heavy (non-hydrogen) atoms. The third-order valence-electron chi connectivity index (χ3n) is 6.70. The quantitative estimate of drug-likeness (QED) is 0.518. The van der Waals surface area contributed by atoms with Crippen LogP contribution in [0.3, 0.4) is 0 Å². The normalized spacial score (nSPS) is 20.5. The number of rotatable bonds is 10. The fourth-order valence-corrected chi connectivity index (χ4v) is 5.95. The maximum Gasteiger partial charge on any atom is 0.231 e. The Bertz CT molecular complexity index is 1040. The average Bonchev–Trinajstić information content (AvgIpc) is 3.47. The highest BCUT2D eigenvalue weighted by Crippen LogP contribution is 2.43. The van der Waals surface area contributed by atoms with Gasteiger partial charge in [0.25, 0.3) is 0 Å². The van der Waals surface area contributed by atoms with Crippen LogP contribution in [-0.4, -0.2) is 64.0 Å². The third-order valence-corrected chi connectivity index (χ3v) is 8.64. The maximum absolute atomic E-state index is 12.6. The lowest BCUT2D eigenvalue weighted by Crippen LogP contribution is -2.37. The molecular formula is C25H34N2O5S. The van der Waals surface area contributed by atoms with E-state index in [9.17, 15) is 8.42 Å². The van der Waals surface area contributed by atoms with Gasteiger partial charge in [-0.05, 0) is 54.2 Å². The summed E-state index contributed by atoms with van der Waals surface area (Å²) >= 11 is 0. The van der Waals surface area contributed by atoms with Gasteiger partial charge in [-0.1, -0.05) is 31.5 Å². The van der Waals surface area contributed by atoms with E-state index in [1.165, 1.54) is 15.4 Å². The number of nitrogens with zero attached hydrogens (tertiary/aromatic N) is 2. The lowest BCUT2D eigenvalue weighted by Gasteiger charge is -2.27. The van der Waals surface area contributed by atoms with Gasteiger partial charge in [-0.3, -0.25) is 4.90 Å². The SMILES string of the molecule is CCCCS(=O)(=O)N(C)CCN1C[C@@H](c2ccc3c(c2)OCO3)C[C@@H]1c1ccc(OC)cc1. The van der Waals surface area contributed by atoms with Gasteiger partial charge in [0.2, 0.25) is 16.8 Å². The van der Waals surface area contributed by atoms with Crippen molar-refractivity contribution in [2.45, 2.75) is 38.1 Å². The van der Waals surface area contributed by atoms with E-state index in [2.05, 4.69) is 29.2 Å². The number of benzene rings is 2. The van der Waals surface area contributed by atoms with Crippen LogP contribution in [0, 0.1) is 0 Å². The molecule has 0 N–H and O–H groups in total. The van der Waals surface area contributed by atoms with Gasteiger partial charge in [0.1, 0.15) is 5.75 Å². The Morgan fingerprint density at radius 3 is 2.55 bits per heavy atom. The predicted molar refractivity (Wildman–Crippen MR) is 129 cm³/mol. The third kappa shape index (κ3) is 5.45. The Morgan fingerprint density at radius 2 is 1.82 bits per heavy atom. The highest BCUT2D eigenvalue weighted by Gasteiger charge is 2.35. The predicted octanol–water partition coefficient (Wildman–Crippen LogP) is 4.02. The van der Waals surface area contributed by atoms with Crippen LogP contribution in [0.25, 0.3) is 0 Å². The number of hydrogen-bond acceptors (Lipinski definition) is 6. The van der Waals surface area contributed by atoms with Crippen molar-refractivity contribution in [1.82, 2.24) is 9.21 Å². The van der Waals surface area contributed by atoms with Crippen LogP contribution in [0.4, 0.5) is 0 Å². The van der Waals surface area contributed by atoms with E-state index in [1.807, 2.05) is 25.1 Å². The molecule has 2 aliphatic heterocycles. The van der Waals surface area contributed by atoms with Crippen LogP contribution in [0.1, 0.15) is 49.3 Å². The molecule has 0 unspecified atom stereocenters. The molecule has 0 aliphatic carbocycles. The number of sulfonamides is 1. The molecule has 0 aromatic heterocycles. The lowest BCUT2D eigenvalue weighted by molar-refractivity contribution is 0.174. The number of fused-ring (bicyclic) bond motifs is 1. The molecule has 2 aliphatic rings. The first-order valence-electron chi connectivity index (χ1n) is 11.6. The average molecular weight is 475 g/mol. The molecule has 1 fully saturated rings. The summed E-state index contributed by atoms with van der Waals surface area (Å²) in [6.07, 6.45) is 2.52. The molecular weight excluding hydrogens is 440 g/mol. The fraction of sp³-hybridized carbons (Fsp3) is 0.520. The molecule has 2 aromatic rings. The van der Waals surface area contributed by atoms with E-state index in [4.69, 9.17) is 14.2 Å². The molecule has 7 nitrogen and oxygen atoms in total. The highest BCUT2D eigenvalue weighted by atomic mass is 32.2. The molecule has 0 amide bonds. The van der Waals surface area contributed by atoms with Crippen molar-refractivity contribution in [1.29, 1.82) is 0 Å². The molecule has 1 saturated heterocycles. The number of likely N-dealkylation sites (N-methyl/N-ethyl adjacent to an activating group) is 1. The van der Waals surface area contributed by atoms with Crippen LogP contribution in [0.2, 0.25) is 0 Å². The van der Waals surface area contributed by atoms with Gasteiger partial charge in [0.05, 0.1) is 12.9 Å². The summed E-state index contributed by atoms with van der Waals surface area (Å²) in [4.78, 5) is 2.41. The van der Waals surface area contributed by atoms with Crippen LogP contribution in [-0.2, 0) is 10.0 Å². The second-order valence-electron chi connectivity index (χ2n) is 8.82. The first-order valence-corrected chi connectivity index (χ1v) is 13.2. The second kappa shape index (κ2) is 10.3. The van der Waals surface area contributed by atoms with Crippen molar-refractivity contribution in [3.8, 4) is 17.2 Å². The summed E-state index contributed by atoms with van der Waals surface area (Å²) in [7, 11) is 0.143. The zero-order valence-corrected chi connectivity index (χ0v) is 20.5. The van der Waals surface area contributed by atoms with E-state index in [-0.39, 0.29) is 18.6 Å². The van der Waals surface area contributed by atoms with Gasteiger partial charge < -0.3 is 14.2 Å². The summed E-state index contributed by atoms with van der Waals surface area (Å²) in [6.45, 7) is 4.30. The van der Waals surface area contributed by atoms with Crippen molar-refractivity contribution >= 4 is 10.0 Å². The lowest BCUT2D eigenvalue weighted by atomic mass is 9.93. The highest BCUT2D eigenvalue weighted by molar-refractivity contribution is 7.89. The molecule has 2 heterocycles. The van der Waals surface area contributed by atoms with Gasteiger partial charge in [0.15, 0.2) is 11.5 Å². The standard InChI is InChI=1S/C25H34N2O5S/c1-4-5-14-33(28,29)26(2)12-13-27-17-21(20-8-11-24-25(16-20)32-18-31-24)15-23(27)19-6-9-22(30-3)10-7-19/h6-11,16,21,23H,4-5,12-15,17-18H2,1-3H3/t21-,23+/m0/s1. The molecule has 2 aromatic carbocycles. The van der Waals surface area contributed by atoms with Crippen molar-refractivity contribution in [2.24, 2.45) is 0 Å². The Morgan fingerprint density at radius 1 is 1.09 bits per heavy atom. The van der Waals surface area contributed by atoms with E-state index in [1.54, 1.807) is 14.2 Å². The van der Waals surface area contributed by atoms with E-state index < -0.39 is 10.0 Å². The van der Waals surface area contributed by atoms with E-state index in [0.717, 1.165) is 36.6 Å². The van der Waals surface area contributed by atoms with Crippen LogP contribution in [0.15, 0.2) is 42.5 Å². The van der Waals surface area contributed by atoms with Crippen molar-refractivity contribution < 1.29 is 22.6 Å². The van der Waals surface area contributed by atoms with Crippen LogP contribution in [0.5, 0.6) is 17.2 Å². The summed E-state index contributed by atoms with van der Waals surface area (Å²) in [5, 5.41) is 0. The van der Waals surface area contributed by atoms with E-state index in [0.29, 0.717) is 25.4 Å². The summed E-state index contributed by atoms with van der Waals surface area (Å²) in [6, 6.07) is 14.6. The van der Waals surface area contributed by atoms with Crippen LogP contribution >= 0.6 is 0 Å². The topological polar surface area (TPSA) is 68.3 Å². The summed E-state index contributed by atoms with van der Waals surface area (Å²) in [5.74, 6) is 2.96. The number of hydrogen-bond donors (Lipinski definition) is 0. The van der Waals surface area contributed by atoms with Crippen molar-refractivity contribution in [3.63, 3.8) is 0 Å².